The van der Waals surface area contributed by atoms with Gasteiger partial charge < -0.3 is 0 Å². The predicted molar refractivity (Wildman–Crippen MR) is 303 cm³/mol. The topological polar surface area (TPSA) is 86.2 Å². The van der Waals surface area contributed by atoms with Crippen molar-refractivity contribution >= 4 is 0 Å². The lowest BCUT2D eigenvalue weighted by Gasteiger charge is -2.20. The minimum atomic E-state index is -2.27. The Kier molecular flexibility index (Phi) is 13.2. The molecule has 0 spiro atoms. The molecule has 10 aromatic rings. The fourth-order valence-corrected chi connectivity index (χ4v) is 9.85. The van der Waals surface area contributed by atoms with Crippen LogP contribution in [0.2, 0.25) is 0 Å². The maximum absolute atomic E-state index is 10.3. The van der Waals surface area contributed by atoms with Crippen molar-refractivity contribution in [1.82, 2.24) is 15.0 Å². The van der Waals surface area contributed by atoms with Gasteiger partial charge in [-0.2, -0.15) is 10.5 Å². The number of rotatable bonds is 14. The SMILES string of the molecule is [2H]C([2H])([2H])c1ccc(-c2ccc(-c3ccccc3-c3cc(CCc4ccc(-c5ccccn5)cc4)cc(CCc4ccc(-c5ccccn5)cc4)c3)c(-c3ccc(-c4cc(C#N)c(CC(C)(C)C)c(C#N)c4)cc3)c2)nc1. The predicted octanol–water partition coefficient (Wildman–Crippen LogP) is 16.8. The molecule has 10 rings (SSSR count). The van der Waals surface area contributed by atoms with Gasteiger partial charge in [-0.25, -0.2) is 0 Å². The zero-order chi connectivity index (χ0) is 53.5. The van der Waals surface area contributed by atoms with E-state index >= 15 is 0 Å². The summed E-state index contributed by atoms with van der Waals surface area (Å²) >= 11 is 0. The standard InChI is InChI=1S/C69H57N5/c1-47-15-34-68(74-46-47)56-32-33-63(64(42-56)53-30-28-52(29-31-53)57-40-59(44-70)65(43-69(2,3)4)60(41-57)45-71)62-12-6-5-11-61(62)58-38-50(18-16-48-20-24-54(25-21-48)66-13-7-9-35-72-66)37-51(39-58)19-17-49-22-26-55(27-23-49)67-14-8-10-36-73-67/h5-15,20-42,46H,16-19,43H2,1-4H3/i1D3. The molecule has 3 heterocycles. The first-order chi connectivity index (χ1) is 37.3. The van der Waals surface area contributed by atoms with Crippen LogP contribution in [0.25, 0.3) is 78.3 Å². The molecule has 0 aliphatic carbocycles. The Hall–Kier alpha value is -9.03. The van der Waals surface area contributed by atoms with Crippen LogP contribution in [0.15, 0.2) is 213 Å². The normalized spacial score (nSPS) is 12.0. The largest absolute Gasteiger partial charge is 0.256 e. The summed E-state index contributed by atoms with van der Waals surface area (Å²) in [6.45, 7) is 4.07. The number of nitriles is 2. The molecular weight excluding hydrogens is 899 g/mol. The molecule has 0 atom stereocenters. The summed E-state index contributed by atoms with van der Waals surface area (Å²) in [5, 5.41) is 20.6. The van der Waals surface area contributed by atoms with Crippen molar-refractivity contribution in [2.24, 2.45) is 5.41 Å². The molecule has 0 fully saturated rings. The van der Waals surface area contributed by atoms with Crippen molar-refractivity contribution in [3.63, 3.8) is 0 Å². The quantitative estimate of drug-likeness (QED) is 0.108. The van der Waals surface area contributed by atoms with Gasteiger partial charge in [0.2, 0.25) is 0 Å². The molecule has 3 aromatic heterocycles. The Morgan fingerprint density at radius 1 is 0.405 bits per heavy atom. The van der Waals surface area contributed by atoms with Crippen LogP contribution in [0, 0.1) is 34.9 Å². The molecule has 0 saturated heterocycles. The van der Waals surface area contributed by atoms with Gasteiger partial charge in [-0.05, 0) is 171 Å². The van der Waals surface area contributed by atoms with Crippen molar-refractivity contribution in [3.8, 4) is 90.4 Å². The maximum Gasteiger partial charge on any atom is 0.0995 e. The molecule has 0 bridgehead atoms. The van der Waals surface area contributed by atoms with Crippen molar-refractivity contribution in [2.45, 2.75) is 59.7 Å². The molecule has 0 aliphatic heterocycles. The summed E-state index contributed by atoms with van der Waals surface area (Å²) in [5.41, 5.74) is 20.5. The highest BCUT2D eigenvalue weighted by Crippen LogP contribution is 2.42. The van der Waals surface area contributed by atoms with Crippen LogP contribution in [0.5, 0.6) is 0 Å². The fraction of sp³-hybridized carbons (Fsp3) is 0.145. The van der Waals surface area contributed by atoms with E-state index in [0.717, 1.165) is 104 Å². The smallest absolute Gasteiger partial charge is 0.0995 e. The van der Waals surface area contributed by atoms with E-state index in [0.29, 0.717) is 23.2 Å². The van der Waals surface area contributed by atoms with E-state index in [2.05, 4.69) is 181 Å². The van der Waals surface area contributed by atoms with Gasteiger partial charge in [-0.3, -0.25) is 15.0 Å². The molecule has 358 valence electrons. The number of aromatic nitrogens is 3. The van der Waals surface area contributed by atoms with Crippen LogP contribution in [0.3, 0.4) is 0 Å². The van der Waals surface area contributed by atoms with Crippen LogP contribution in [-0.2, 0) is 32.1 Å². The van der Waals surface area contributed by atoms with E-state index < -0.39 is 6.85 Å². The lowest BCUT2D eigenvalue weighted by atomic mass is 9.83. The third-order valence-corrected chi connectivity index (χ3v) is 13.6. The minimum absolute atomic E-state index is 0.104. The lowest BCUT2D eigenvalue weighted by molar-refractivity contribution is 0.410. The Morgan fingerprint density at radius 2 is 0.905 bits per heavy atom. The van der Waals surface area contributed by atoms with E-state index in [1.165, 1.54) is 28.5 Å². The minimum Gasteiger partial charge on any atom is -0.256 e. The Balaban J connectivity index is 1.04. The van der Waals surface area contributed by atoms with Crippen LogP contribution in [0.1, 0.15) is 69.4 Å². The third-order valence-electron chi connectivity index (χ3n) is 13.6. The van der Waals surface area contributed by atoms with Crippen molar-refractivity contribution < 1.29 is 4.11 Å². The number of hydrogen-bond acceptors (Lipinski definition) is 5. The Bertz CT molecular complexity index is 3630. The molecule has 0 N–H and O–H groups in total. The summed E-state index contributed by atoms with van der Waals surface area (Å²) in [5.74, 6) is 0. The molecule has 0 saturated carbocycles. The van der Waals surface area contributed by atoms with Gasteiger partial charge in [0, 0.05) is 39.4 Å². The van der Waals surface area contributed by atoms with Gasteiger partial charge in [0.05, 0.1) is 40.3 Å². The molecule has 5 heteroatoms. The monoisotopic (exact) mass is 958 g/mol. The van der Waals surface area contributed by atoms with E-state index in [9.17, 15) is 10.5 Å². The first-order valence-electron chi connectivity index (χ1n) is 26.7. The van der Waals surface area contributed by atoms with E-state index in [1.807, 2.05) is 60.9 Å². The highest BCUT2D eigenvalue weighted by molar-refractivity contribution is 5.94. The van der Waals surface area contributed by atoms with Crippen molar-refractivity contribution in [1.29, 1.82) is 10.5 Å². The number of nitrogens with zero attached hydrogens (tertiary/aromatic N) is 5. The molecule has 0 radical (unpaired) electrons. The second-order valence-corrected chi connectivity index (χ2v) is 20.2. The summed E-state index contributed by atoms with van der Waals surface area (Å²) < 4.78 is 23.9. The van der Waals surface area contributed by atoms with Crippen LogP contribution in [-0.4, -0.2) is 15.0 Å². The summed E-state index contributed by atoms with van der Waals surface area (Å²) in [7, 11) is 0. The van der Waals surface area contributed by atoms with Gasteiger partial charge in [0.25, 0.3) is 0 Å². The Labute approximate surface area is 440 Å². The summed E-state index contributed by atoms with van der Waals surface area (Å²) in [6.07, 6.45) is 9.18. The first kappa shape index (κ1) is 44.9. The molecule has 0 aliphatic rings. The van der Waals surface area contributed by atoms with Crippen LogP contribution in [0.4, 0.5) is 0 Å². The maximum atomic E-state index is 10.3. The summed E-state index contributed by atoms with van der Waals surface area (Å²) in [6, 6.07) is 71.7. The number of benzene rings is 7. The second-order valence-electron chi connectivity index (χ2n) is 20.2. The molecule has 0 unspecified atom stereocenters. The number of hydrogen-bond donors (Lipinski definition) is 0. The van der Waals surface area contributed by atoms with Gasteiger partial charge >= 0.3 is 0 Å². The molecule has 7 aromatic carbocycles. The zero-order valence-electron chi connectivity index (χ0n) is 45.0. The lowest BCUT2D eigenvalue weighted by Crippen LogP contribution is -2.12. The average Bonchev–Trinajstić information content (AvgIpc) is 3.50. The fourth-order valence-electron chi connectivity index (χ4n) is 9.85. The average molecular weight is 959 g/mol. The molecule has 0 amide bonds. The number of pyridine rings is 3. The third kappa shape index (κ3) is 11.3. The van der Waals surface area contributed by atoms with Gasteiger partial charge in [0.15, 0.2) is 0 Å². The van der Waals surface area contributed by atoms with Gasteiger partial charge in [0.1, 0.15) is 0 Å². The molecule has 5 nitrogen and oxygen atoms in total. The highest BCUT2D eigenvalue weighted by atomic mass is 14.7. The van der Waals surface area contributed by atoms with Gasteiger partial charge in [-0.1, -0.05) is 166 Å². The molecular formula is C69H57N5. The number of aryl methyl sites for hydroxylation is 5. The summed E-state index contributed by atoms with van der Waals surface area (Å²) in [4.78, 5) is 13.8. The van der Waals surface area contributed by atoms with Crippen molar-refractivity contribution in [2.75, 3.05) is 0 Å². The zero-order valence-corrected chi connectivity index (χ0v) is 42.0. The van der Waals surface area contributed by atoms with Crippen LogP contribution >= 0.6 is 0 Å². The van der Waals surface area contributed by atoms with Crippen LogP contribution < -0.4 is 0 Å². The van der Waals surface area contributed by atoms with E-state index in [1.54, 1.807) is 12.1 Å². The van der Waals surface area contributed by atoms with E-state index in [-0.39, 0.29) is 11.0 Å². The first-order valence-corrected chi connectivity index (χ1v) is 25.2. The van der Waals surface area contributed by atoms with E-state index in [4.69, 9.17) is 4.11 Å². The van der Waals surface area contributed by atoms with Crippen molar-refractivity contribution in [3.05, 3.63) is 257 Å². The second kappa shape index (κ2) is 21.8. The highest BCUT2D eigenvalue weighted by Gasteiger charge is 2.20. The Morgan fingerprint density at radius 3 is 1.42 bits per heavy atom. The molecule has 74 heavy (non-hydrogen) atoms. The van der Waals surface area contributed by atoms with Gasteiger partial charge in [-0.15, -0.1) is 0 Å².